The van der Waals surface area contributed by atoms with Crippen LogP contribution in [-0.2, 0) is 0 Å². The van der Waals surface area contributed by atoms with E-state index in [1.165, 1.54) is 5.56 Å². The Morgan fingerprint density at radius 2 is 1.83 bits per heavy atom. The van der Waals surface area contributed by atoms with Gasteiger partial charge in [-0.25, -0.2) is 15.0 Å². The molecule has 35 heavy (non-hydrogen) atoms. The number of hydrogen-bond acceptors (Lipinski definition) is 6. The zero-order valence-corrected chi connectivity index (χ0v) is 20.2. The molecule has 0 bridgehead atoms. The molecule has 0 aliphatic carbocycles. The number of fused-ring (bicyclic) bond motifs is 2. The molecule has 1 aliphatic rings. The molecule has 1 aliphatic heterocycles. The number of H-pyrrole nitrogens is 1. The lowest BCUT2D eigenvalue weighted by molar-refractivity contribution is 0.505. The average molecular weight is 484 g/mol. The zero-order chi connectivity index (χ0) is 23.8. The maximum Gasteiger partial charge on any atom is 0.162 e. The van der Waals surface area contributed by atoms with Gasteiger partial charge in [0.15, 0.2) is 11.5 Å². The fourth-order valence-corrected chi connectivity index (χ4v) is 5.45. The predicted octanol–water partition coefficient (Wildman–Crippen LogP) is 6.11. The lowest BCUT2D eigenvalue weighted by Gasteiger charge is -2.36. The van der Waals surface area contributed by atoms with Crippen molar-refractivity contribution < 1.29 is 0 Å². The van der Waals surface area contributed by atoms with Crippen LogP contribution in [0.2, 0.25) is 5.02 Å². The third-order valence-electron chi connectivity index (χ3n) is 6.96. The minimum Gasteiger partial charge on any atom is -0.369 e. The van der Waals surface area contributed by atoms with Crippen LogP contribution in [0.15, 0.2) is 67.4 Å². The Labute approximate surface area is 208 Å². The fourth-order valence-electron chi connectivity index (χ4n) is 5.18. The normalized spacial score (nSPS) is 15.5. The topological polar surface area (TPSA) is 82.6 Å². The third kappa shape index (κ3) is 4.06. The molecule has 1 fully saturated rings. The Kier molecular flexibility index (Phi) is 5.70. The number of benzene rings is 2. The van der Waals surface area contributed by atoms with Gasteiger partial charge >= 0.3 is 0 Å². The standard InChI is InChI=1S/C27H26ClN7/c1-17(34-27-24-26(31-15-30-24)32-16-33-27)21-14-22(28)20-8-5-11-29-23(20)25(21)35-12-9-19(10-13-35)18-6-3-2-4-7-18/h2-8,11,14-17,19H,9-10,12-13H2,1H3,(H2,30,31,32,33,34). The molecular weight excluding hydrogens is 458 g/mol. The molecule has 2 aromatic carbocycles. The first-order chi connectivity index (χ1) is 17.2. The van der Waals surface area contributed by atoms with Crippen LogP contribution in [0.3, 0.4) is 0 Å². The van der Waals surface area contributed by atoms with Crippen molar-refractivity contribution in [2.75, 3.05) is 23.3 Å². The maximum absolute atomic E-state index is 6.77. The van der Waals surface area contributed by atoms with Crippen molar-refractivity contribution in [3.63, 3.8) is 0 Å². The molecule has 0 radical (unpaired) electrons. The lowest BCUT2D eigenvalue weighted by atomic mass is 9.88. The Bertz CT molecular complexity index is 1480. The first-order valence-electron chi connectivity index (χ1n) is 12.0. The average Bonchev–Trinajstić information content (AvgIpc) is 3.39. The van der Waals surface area contributed by atoms with E-state index in [1.54, 1.807) is 12.7 Å². The highest BCUT2D eigenvalue weighted by Crippen LogP contribution is 2.41. The summed E-state index contributed by atoms with van der Waals surface area (Å²) >= 11 is 6.77. The molecule has 1 unspecified atom stereocenters. The minimum absolute atomic E-state index is 0.0736. The molecule has 2 N–H and O–H groups in total. The number of pyridine rings is 1. The molecule has 0 spiro atoms. The van der Waals surface area contributed by atoms with Crippen molar-refractivity contribution in [1.29, 1.82) is 0 Å². The molecule has 3 aromatic heterocycles. The van der Waals surface area contributed by atoms with E-state index in [0.717, 1.165) is 53.6 Å². The summed E-state index contributed by atoms with van der Waals surface area (Å²) < 4.78 is 0. The van der Waals surface area contributed by atoms with Gasteiger partial charge in [-0.15, -0.1) is 0 Å². The van der Waals surface area contributed by atoms with E-state index < -0.39 is 0 Å². The molecule has 1 atom stereocenters. The van der Waals surface area contributed by atoms with E-state index in [2.05, 4.69) is 73.5 Å². The molecule has 7 nitrogen and oxygen atoms in total. The molecule has 1 saturated heterocycles. The summed E-state index contributed by atoms with van der Waals surface area (Å²) in [6, 6.07) is 16.8. The van der Waals surface area contributed by atoms with E-state index in [4.69, 9.17) is 16.6 Å². The van der Waals surface area contributed by atoms with Crippen LogP contribution >= 0.6 is 11.6 Å². The van der Waals surface area contributed by atoms with Gasteiger partial charge in [0, 0.05) is 30.2 Å². The summed E-state index contributed by atoms with van der Waals surface area (Å²) in [5.41, 5.74) is 6.03. The predicted molar refractivity (Wildman–Crippen MR) is 141 cm³/mol. The number of imidazole rings is 1. The second-order valence-electron chi connectivity index (χ2n) is 9.06. The van der Waals surface area contributed by atoms with Gasteiger partial charge in [-0.3, -0.25) is 4.98 Å². The number of rotatable bonds is 5. The molecule has 176 valence electrons. The number of nitrogens with one attached hydrogen (secondary N) is 2. The van der Waals surface area contributed by atoms with Crippen molar-refractivity contribution in [3.05, 3.63) is 83.5 Å². The van der Waals surface area contributed by atoms with Gasteiger partial charge in [0.25, 0.3) is 0 Å². The third-order valence-corrected chi connectivity index (χ3v) is 7.28. The Morgan fingerprint density at radius 1 is 1.00 bits per heavy atom. The van der Waals surface area contributed by atoms with Crippen molar-refractivity contribution in [2.24, 2.45) is 0 Å². The van der Waals surface area contributed by atoms with Crippen LogP contribution in [0.5, 0.6) is 0 Å². The van der Waals surface area contributed by atoms with Crippen LogP contribution in [0.1, 0.15) is 42.9 Å². The Hall–Kier alpha value is -3.71. The zero-order valence-electron chi connectivity index (χ0n) is 19.4. The fraction of sp³-hybridized carbons (Fsp3) is 0.259. The van der Waals surface area contributed by atoms with Gasteiger partial charge in [-0.2, -0.15) is 0 Å². The second-order valence-corrected chi connectivity index (χ2v) is 9.46. The Balaban J connectivity index is 1.37. The highest BCUT2D eigenvalue weighted by Gasteiger charge is 2.27. The number of aromatic amines is 1. The van der Waals surface area contributed by atoms with Crippen molar-refractivity contribution >= 4 is 45.2 Å². The maximum atomic E-state index is 6.77. The number of halogens is 1. The van der Waals surface area contributed by atoms with Gasteiger partial charge in [0.1, 0.15) is 11.8 Å². The van der Waals surface area contributed by atoms with Gasteiger partial charge < -0.3 is 15.2 Å². The van der Waals surface area contributed by atoms with Crippen LogP contribution < -0.4 is 10.2 Å². The summed E-state index contributed by atoms with van der Waals surface area (Å²) in [6.45, 7) is 4.05. The second kappa shape index (κ2) is 9.15. The smallest absolute Gasteiger partial charge is 0.162 e. The van der Waals surface area contributed by atoms with Gasteiger partial charge in [0.05, 0.1) is 28.6 Å². The SMILES string of the molecule is CC(Nc1ncnc2[nH]cnc12)c1cc(Cl)c2cccnc2c1N1CCC(c2ccccc2)CC1. The highest BCUT2D eigenvalue weighted by molar-refractivity contribution is 6.36. The Morgan fingerprint density at radius 3 is 2.66 bits per heavy atom. The summed E-state index contributed by atoms with van der Waals surface area (Å²) in [6.07, 6.45) is 7.22. The van der Waals surface area contributed by atoms with Crippen LogP contribution in [0.4, 0.5) is 11.5 Å². The molecule has 0 amide bonds. The van der Waals surface area contributed by atoms with Crippen molar-refractivity contribution in [3.8, 4) is 0 Å². The summed E-state index contributed by atoms with van der Waals surface area (Å²) in [7, 11) is 0. The molecular formula is C27H26ClN7. The van der Waals surface area contributed by atoms with Crippen LogP contribution in [0, 0.1) is 0 Å². The number of nitrogens with zero attached hydrogens (tertiary/aromatic N) is 5. The first kappa shape index (κ1) is 21.8. The number of piperidine rings is 1. The van der Waals surface area contributed by atoms with Gasteiger partial charge in [0.2, 0.25) is 0 Å². The minimum atomic E-state index is -0.0736. The quantitative estimate of drug-likeness (QED) is 0.314. The van der Waals surface area contributed by atoms with E-state index in [0.29, 0.717) is 22.4 Å². The van der Waals surface area contributed by atoms with E-state index in [9.17, 15) is 0 Å². The number of hydrogen-bond donors (Lipinski definition) is 2. The molecule has 0 saturated carbocycles. The largest absolute Gasteiger partial charge is 0.369 e. The number of aromatic nitrogens is 5. The molecule has 4 heterocycles. The highest BCUT2D eigenvalue weighted by atomic mass is 35.5. The van der Waals surface area contributed by atoms with E-state index >= 15 is 0 Å². The summed E-state index contributed by atoms with van der Waals surface area (Å²) in [5, 5.41) is 5.22. The lowest BCUT2D eigenvalue weighted by Crippen LogP contribution is -2.34. The molecule has 8 heteroatoms. The van der Waals surface area contributed by atoms with Crippen molar-refractivity contribution in [1.82, 2.24) is 24.9 Å². The van der Waals surface area contributed by atoms with E-state index in [-0.39, 0.29) is 6.04 Å². The van der Waals surface area contributed by atoms with Crippen molar-refractivity contribution in [2.45, 2.75) is 31.7 Å². The summed E-state index contributed by atoms with van der Waals surface area (Å²) in [4.78, 5) is 23.4. The van der Waals surface area contributed by atoms with E-state index in [1.807, 2.05) is 18.3 Å². The molecule has 5 aromatic rings. The first-order valence-corrected chi connectivity index (χ1v) is 12.3. The number of anilines is 2. The molecule has 6 rings (SSSR count). The van der Waals surface area contributed by atoms with Gasteiger partial charge in [-0.05, 0) is 49.4 Å². The van der Waals surface area contributed by atoms with Gasteiger partial charge in [-0.1, -0.05) is 41.9 Å². The van der Waals surface area contributed by atoms with Crippen LogP contribution in [0.25, 0.3) is 22.1 Å². The summed E-state index contributed by atoms with van der Waals surface area (Å²) in [5.74, 6) is 1.27. The van der Waals surface area contributed by atoms with Crippen LogP contribution in [-0.4, -0.2) is 38.0 Å². The monoisotopic (exact) mass is 483 g/mol.